The van der Waals surface area contributed by atoms with E-state index in [-0.39, 0.29) is 0 Å². The third-order valence-corrected chi connectivity index (χ3v) is 3.57. The van der Waals surface area contributed by atoms with Crippen molar-refractivity contribution < 1.29 is 4.74 Å². The largest absolute Gasteiger partial charge is 0.383 e. The molecular weight excluding hydrogens is 250 g/mol. The second kappa shape index (κ2) is 9.72. The maximum atomic E-state index is 5.24. The van der Waals surface area contributed by atoms with Crippen molar-refractivity contribution in [1.29, 1.82) is 0 Å². The fraction of sp³-hybridized carbons (Fsp3) is 0.688. The van der Waals surface area contributed by atoms with Crippen LogP contribution in [0.4, 0.5) is 5.82 Å². The number of anilines is 1. The highest BCUT2D eigenvalue weighted by atomic mass is 16.5. The first-order valence-corrected chi connectivity index (χ1v) is 7.67. The van der Waals surface area contributed by atoms with Gasteiger partial charge in [0.1, 0.15) is 5.82 Å². The third kappa shape index (κ3) is 5.47. The minimum atomic E-state index is 0.592. The molecule has 0 aliphatic heterocycles. The normalized spacial score (nSPS) is 11.3. The van der Waals surface area contributed by atoms with E-state index < -0.39 is 0 Å². The van der Waals surface area contributed by atoms with Gasteiger partial charge in [-0.25, -0.2) is 4.98 Å². The first-order chi connectivity index (χ1) is 9.74. The Morgan fingerprint density at radius 1 is 1.25 bits per heavy atom. The smallest absolute Gasteiger partial charge is 0.126 e. The first-order valence-electron chi connectivity index (χ1n) is 7.67. The van der Waals surface area contributed by atoms with Crippen LogP contribution in [0.5, 0.6) is 0 Å². The van der Waals surface area contributed by atoms with Crippen molar-refractivity contribution in [3.63, 3.8) is 0 Å². The number of aromatic nitrogens is 1. The van der Waals surface area contributed by atoms with Gasteiger partial charge in [-0.15, -0.1) is 0 Å². The lowest BCUT2D eigenvalue weighted by Gasteiger charge is -2.30. The molecule has 0 radical (unpaired) electrons. The summed E-state index contributed by atoms with van der Waals surface area (Å²) in [4.78, 5) is 7.14. The standard InChI is InChI=1S/C16H29N3O/c1-5-15(6-2)19(11-12-20-4)13-14-9-8-10-16(18-14)17-7-3/h8-10,15H,5-7,11-13H2,1-4H3,(H,17,18). The maximum Gasteiger partial charge on any atom is 0.126 e. The van der Waals surface area contributed by atoms with Crippen molar-refractivity contribution in [2.45, 2.75) is 46.2 Å². The molecular formula is C16H29N3O. The minimum Gasteiger partial charge on any atom is -0.383 e. The van der Waals surface area contributed by atoms with E-state index in [0.29, 0.717) is 6.04 Å². The zero-order valence-corrected chi connectivity index (χ0v) is 13.4. The molecule has 0 fully saturated rings. The molecule has 0 aromatic carbocycles. The lowest BCUT2D eigenvalue weighted by atomic mass is 10.1. The van der Waals surface area contributed by atoms with Crippen molar-refractivity contribution in [2.75, 3.05) is 32.1 Å². The molecule has 1 N–H and O–H groups in total. The second-order valence-corrected chi connectivity index (χ2v) is 4.98. The van der Waals surface area contributed by atoms with Crippen LogP contribution in [0.3, 0.4) is 0 Å². The molecule has 1 aromatic rings. The molecule has 20 heavy (non-hydrogen) atoms. The predicted molar refractivity (Wildman–Crippen MR) is 85.1 cm³/mol. The summed E-state index contributed by atoms with van der Waals surface area (Å²) in [6.07, 6.45) is 2.32. The molecule has 4 heteroatoms. The van der Waals surface area contributed by atoms with Gasteiger partial charge in [0, 0.05) is 32.8 Å². The summed E-state index contributed by atoms with van der Waals surface area (Å²) >= 11 is 0. The molecule has 0 amide bonds. The summed E-state index contributed by atoms with van der Waals surface area (Å²) < 4.78 is 5.24. The number of rotatable bonds is 10. The van der Waals surface area contributed by atoms with Crippen LogP contribution in [0.2, 0.25) is 0 Å². The summed E-state index contributed by atoms with van der Waals surface area (Å²) in [5, 5.41) is 3.27. The highest BCUT2D eigenvalue weighted by molar-refractivity contribution is 5.34. The van der Waals surface area contributed by atoms with E-state index in [1.807, 2.05) is 6.07 Å². The predicted octanol–water partition coefficient (Wildman–Crippen LogP) is 3.15. The van der Waals surface area contributed by atoms with Crippen LogP contribution >= 0.6 is 0 Å². The molecule has 0 saturated carbocycles. The maximum absolute atomic E-state index is 5.24. The molecule has 1 rings (SSSR count). The molecule has 0 spiro atoms. The molecule has 1 heterocycles. The Morgan fingerprint density at radius 2 is 2.00 bits per heavy atom. The van der Waals surface area contributed by atoms with Gasteiger partial charge in [0.25, 0.3) is 0 Å². The molecule has 0 saturated heterocycles. The number of nitrogens with one attached hydrogen (secondary N) is 1. The summed E-state index contributed by atoms with van der Waals surface area (Å²) in [5.41, 5.74) is 1.12. The topological polar surface area (TPSA) is 37.4 Å². The van der Waals surface area contributed by atoms with Gasteiger partial charge in [-0.2, -0.15) is 0 Å². The van der Waals surface area contributed by atoms with Gasteiger partial charge < -0.3 is 10.1 Å². The SMILES string of the molecule is CCNc1cccc(CN(CCOC)C(CC)CC)n1. The molecule has 1 aromatic heterocycles. The second-order valence-electron chi connectivity index (χ2n) is 4.98. The van der Waals surface area contributed by atoms with Gasteiger partial charge in [-0.05, 0) is 31.9 Å². The van der Waals surface area contributed by atoms with E-state index in [2.05, 4.69) is 48.1 Å². The van der Waals surface area contributed by atoms with Gasteiger partial charge in [-0.3, -0.25) is 4.90 Å². The number of methoxy groups -OCH3 is 1. The zero-order chi connectivity index (χ0) is 14.8. The zero-order valence-electron chi connectivity index (χ0n) is 13.4. The van der Waals surface area contributed by atoms with Crippen molar-refractivity contribution in [3.8, 4) is 0 Å². The Morgan fingerprint density at radius 3 is 2.60 bits per heavy atom. The highest BCUT2D eigenvalue weighted by Gasteiger charge is 2.15. The van der Waals surface area contributed by atoms with E-state index in [0.717, 1.165) is 50.6 Å². The highest BCUT2D eigenvalue weighted by Crippen LogP contribution is 2.13. The van der Waals surface area contributed by atoms with Crippen LogP contribution in [0, 0.1) is 0 Å². The van der Waals surface area contributed by atoms with Crippen LogP contribution < -0.4 is 5.32 Å². The van der Waals surface area contributed by atoms with Crippen molar-refractivity contribution in [2.24, 2.45) is 0 Å². The summed E-state index contributed by atoms with van der Waals surface area (Å²) in [5.74, 6) is 0.959. The molecule has 0 aliphatic rings. The number of hydrogen-bond donors (Lipinski definition) is 1. The van der Waals surface area contributed by atoms with E-state index in [1.54, 1.807) is 7.11 Å². The first kappa shape index (κ1) is 16.9. The Bertz CT molecular complexity index is 366. The molecule has 0 unspecified atom stereocenters. The Balaban J connectivity index is 2.74. The molecule has 0 aliphatic carbocycles. The quantitative estimate of drug-likeness (QED) is 0.714. The lowest BCUT2D eigenvalue weighted by molar-refractivity contribution is 0.109. The Hall–Kier alpha value is -1.13. The fourth-order valence-corrected chi connectivity index (χ4v) is 2.46. The monoisotopic (exact) mass is 279 g/mol. The molecule has 0 atom stereocenters. The van der Waals surface area contributed by atoms with Gasteiger partial charge in [0.2, 0.25) is 0 Å². The third-order valence-electron chi connectivity index (χ3n) is 3.57. The average molecular weight is 279 g/mol. The average Bonchev–Trinajstić information content (AvgIpc) is 2.46. The summed E-state index contributed by atoms with van der Waals surface area (Å²) in [6.45, 7) is 10.1. The fourth-order valence-electron chi connectivity index (χ4n) is 2.46. The number of ether oxygens (including phenoxy) is 1. The minimum absolute atomic E-state index is 0.592. The van der Waals surface area contributed by atoms with Crippen LogP contribution in [0.15, 0.2) is 18.2 Å². The molecule has 4 nitrogen and oxygen atoms in total. The van der Waals surface area contributed by atoms with E-state index in [1.165, 1.54) is 0 Å². The van der Waals surface area contributed by atoms with Crippen molar-refractivity contribution >= 4 is 5.82 Å². The Labute approximate surface area is 123 Å². The molecule has 114 valence electrons. The van der Waals surface area contributed by atoms with E-state index >= 15 is 0 Å². The number of pyridine rings is 1. The van der Waals surface area contributed by atoms with Crippen LogP contribution in [-0.4, -0.2) is 42.7 Å². The lowest BCUT2D eigenvalue weighted by Crippen LogP contribution is -2.36. The number of hydrogen-bond acceptors (Lipinski definition) is 4. The van der Waals surface area contributed by atoms with E-state index in [9.17, 15) is 0 Å². The van der Waals surface area contributed by atoms with Crippen molar-refractivity contribution in [1.82, 2.24) is 9.88 Å². The van der Waals surface area contributed by atoms with Gasteiger partial charge in [0.15, 0.2) is 0 Å². The Kier molecular flexibility index (Phi) is 8.23. The van der Waals surface area contributed by atoms with Crippen LogP contribution in [0.1, 0.15) is 39.3 Å². The van der Waals surface area contributed by atoms with Gasteiger partial charge >= 0.3 is 0 Å². The molecule has 0 bridgehead atoms. The number of nitrogens with zero attached hydrogens (tertiary/aromatic N) is 2. The van der Waals surface area contributed by atoms with Gasteiger partial charge in [-0.1, -0.05) is 19.9 Å². The van der Waals surface area contributed by atoms with Crippen LogP contribution in [-0.2, 0) is 11.3 Å². The summed E-state index contributed by atoms with van der Waals surface area (Å²) in [6, 6.07) is 6.78. The van der Waals surface area contributed by atoms with Crippen LogP contribution in [0.25, 0.3) is 0 Å². The summed E-state index contributed by atoms with van der Waals surface area (Å²) in [7, 11) is 1.76. The van der Waals surface area contributed by atoms with Crippen molar-refractivity contribution in [3.05, 3.63) is 23.9 Å². The van der Waals surface area contributed by atoms with E-state index in [4.69, 9.17) is 4.74 Å². The van der Waals surface area contributed by atoms with Gasteiger partial charge in [0.05, 0.1) is 12.3 Å².